The van der Waals surface area contributed by atoms with E-state index in [1.54, 1.807) is 15.9 Å². The predicted molar refractivity (Wildman–Crippen MR) is 327 cm³/mol. The van der Waals surface area contributed by atoms with Crippen LogP contribution in [0.25, 0.3) is 10.8 Å². The summed E-state index contributed by atoms with van der Waals surface area (Å²) in [5.74, 6) is -3.48. The standard InChI is InChI=1S/C65H85N11O9/c66-53-44-73(39-35-50-29-32-55(76(50)64(53)84)62(82)70-54(31-33-57(67)77)61(81)71-60(46-22-13-11-14-23-46)47-24-15-12-16-25-47)65(85)69-36-19-9-7-5-3-1-2-4-6-8-10-20-38-75(51-30-34-58(78)74(43-51)45-59(79)80)63(83)49-27-21-37-72(42-49)56-41-68-40-48-26-17-18-28-52(48)56/h11-18,22-26,28,30,34,40-41,43,49-50,53-55,60H,1-10,19-21,27,29,31-33,35-39,42,44-45,66H2,(H2,67,77)(H,69,85)(H,70,82)(H,71,81)(H,79,80)/t49-,50+,53-,54?,55-/m0/s1. The first-order valence-corrected chi connectivity index (χ1v) is 30.7. The van der Waals surface area contributed by atoms with Crippen molar-refractivity contribution in [2.75, 3.05) is 49.1 Å². The third-order valence-electron chi connectivity index (χ3n) is 16.9. The van der Waals surface area contributed by atoms with E-state index in [0.29, 0.717) is 51.1 Å². The Morgan fingerprint density at radius 2 is 1.35 bits per heavy atom. The fourth-order valence-electron chi connectivity index (χ4n) is 12.3. The number of hydrogen-bond donors (Lipinski definition) is 6. The number of carboxylic acid groups (broad SMARTS) is 1. The lowest BCUT2D eigenvalue weighted by atomic mass is 9.95. The lowest BCUT2D eigenvalue weighted by molar-refractivity contribution is -0.143. The summed E-state index contributed by atoms with van der Waals surface area (Å²) in [5.41, 5.74) is 14.8. The van der Waals surface area contributed by atoms with E-state index in [9.17, 15) is 43.5 Å². The maximum Gasteiger partial charge on any atom is 0.323 e. The number of nitrogens with zero attached hydrogens (tertiary/aromatic N) is 6. The number of aliphatic carboxylic acids is 1. The number of unbranched alkanes of at least 4 members (excludes halogenated alkanes) is 11. The molecular formula is C65H85N11O9. The summed E-state index contributed by atoms with van der Waals surface area (Å²) in [6.45, 7) is 2.20. The smallest absolute Gasteiger partial charge is 0.323 e. The molecule has 0 saturated carbocycles. The van der Waals surface area contributed by atoms with E-state index in [-0.39, 0.29) is 43.3 Å². The Morgan fingerprint density at radius 3 is 2.02 bits per heavy atom. The first kappa shape index (κ1) is 62.9. The van der Waals surface area contributed by atoms with Crippen LogP contribution in [-0.4, -0.2) is 129 Å². The van der Waals surface area contributed by atoms with Crippen molar-refractivity contribution in [2.24, 2.45) is 17.4 Å². The van der Waals surface area contributed by atoms with Crippen molar-refractivity contribution in [2.45, 2.75) is 159 Å². The van der Waals surface area contributed by atoms with Crippen LogP contribution in [0.4, 0.5) is 16.2 Å². The molecule has 5 heterocycles. The molecule has 5 atom stereocenters. The summed E-state index contributed by atoms with van der Waals surface area (Å²) in [4.78, 5) is 118. The van der Waals surface area contributed by atoms with E-state index in [1.165, 1.54) is 17.2 Å². The molecule has 3 aromatic carbocycles. The first-order valence-electron chi connectivity index (χ1n) is 30.7. The number of carbonyl (C=O) groups excluding carboxylic acids is 6. The maximum atomic E-state index is 14.4. The van der Waals surface area contributed by atoms with Crippen molar-refractivity contribution in [3.8, 4) is 0 Å². The molecule has 3 aliphatic rings. The molecular weight excluding hydrogens is 1080 g/mol. The van der Waals surface area contributed by atoms with Crippen LogP contribution in [0.1, 0.15) is 139 Å². The number of benzene rings is 3. The number of carboxylic acids is 1. The molecule has 0 bridgehead atoms. The number of nitrogens with one attached hydrogen (secondary N) is 3. The topological polar surface area (TPSA) is 276 Å². The van der Waals surface area contributed by atoms with E-state index in [0.717, 1.165) is 129 Å². The molecule has 3 saturated heterocycles. The van der Waals surface area contributed by atoms with Crippen LogP contribution < -0.4 is 42.8 Å². The van der Waals surface area contributed by atoms with Crippen molar-refractivity contribution in [3.63, 3.8) is 0 Å². The molecule has 5 aromatic rings. The first-order chi connectivity index (χ1) is 41.2. The van der Waals surface area contributed by atoms with Crippen LogP contribution in [0, 0.1) is 5.92 Å². The highest BCUT2D eigenvalue weighted by Gasteiger charge is 2.45. The molecule has 7 amide bonds. The lowest BCUT2D eigenvalue weighted by Gasteiger charge is -2.37. The summed E-state index contributed by atoms with van der Waals surface area (Å²) < 4.78 is 1.15. The van der Waals surface area contributed by atoms with Crippen molar-refractivity contribution in [1.29, 1.82) is 0 Å². The summed E-state index contributed by atoms with van der Waals surface area (Å²) in [6, 6.07) is 25.8. The fourth-order valence-corrected chi connectivity index (χ4v) is 12.3. The van der Waals surface area contributed by atoms with Gasteiger partial charge in [-0.25, -0.2) is 4.79 Å². The molecule has 454 valence electrons. The fraction of sp³-hybridized carbons (Fsp3) is 0.492. The minimum atomic E-state index is -1.13. The molecule has 0 spiro atoms. The van der Waals surface area contributed by atoms with E-state index in [1.807, 2.05) is 91.3 Å². The van der Waals surface area contributed by atoms with Crippen molar-refractivity contribution >= 4 is 63.7 Å². The van der Waals surface area contributed by atoms with Gasteiger partial charge in [0, 0.05) is 81.0 Å². The van der Waals surface area contributed by atoms with Gasteiger partial charge in [-0.3, -0.25) is 38.5 Å². The SMILES string of the molecule is NC(=O)CCC(NC(=O)[C@@H]1CC[C@@H]2CCN(C(=O)NCCCCCCCCCCCCCCN(C(=O)[C@H]3CCCN(c4cncc5ccccc45)C3)c3ccc(=O)n(CC(=O)O)c3)C[C@H](N)C(=O)N21)C(=O)NC(c1ccccc1)c1ccccc1. The molecule has 0 aliphatic carbocycles. The highest BCUT2D eigenvalue weighted by molar-refractivity contribution is 5.97. The number of urea groups is 1. The summed E-state index contributed by atoms with van der Waals surface area (Å²) in [5, 5.41) is 20.5. The number of nitrogens with two attached hydrogens (primary N) is 2. The number of amides is 7. The van der Waals surface area contributed by atoms with E-state index in [2.05, 4.69) is 31.9 Å². The molecule has 3 aliphatic heterocycles. The number of aromatic nitrogens is 2. The summed E-state index contributed by atoms with van der Waals surface area (Å²) >= 11 is 0. The Balaban J connectivity index is 0.708. The number of rotatable bonds is 29. The monoisotopic (exact) mass is 1160 g/mol. The van der Waals surface area contributed by atoms with E-state index >= 15 is 0 Å². The van der Waals surface area contributed by atoms with Gasteiger partial charge in [-0.2, -0.15) is 0 Å². The van der Waals surface area contributed by atoms with Gasteiger partial charge >= 0.3 is 12.0 Å². The molecule has 2 aromatic heterocycles. The number of anilines is 2. The molecule has 85 heavy (non-hydrogen) atoms. The van der Waals surface area contributed by atoms with Gasteiger partial charge in [-0.15, -0.1) is 0 Å². The summed E-state index contributed by atoms with van der Waals surface area (Å²) in [6.07, 6.45) is 20.3. The maximum absolute atomic E-state index is 14.4. The molecule has 8 N–H and O–H groups in total. The normalized spacial score (nSPS) is 18.3. The van der Waals surface area contributed by atoms with Crippen molar-refractivity contribution in [3.05, 3.63) is 137 Å². The highest BCUT2D eigenvalue weighted by Crippen LogP contribution is 2.33. The zero-order chi connectivity index (χ0) is 60.1. The van der Waals surface area contributed by atoms with Crippen molar-refractivity contribution < 1.29 is 38.7 Å². The second-order valence-corrected chi connectivity index (χ2v) is 23.0. The zero-order valence-electron chi connectivity index (χ0n) is 48.9. The Bertz CT molecular complexity index is 3060. The van der Waals surface area contributed by atoms with Crippen LogP contribution in [0.15, 0.2) is 120 Å². The molecule has 3 fully saturated rings. The highest BCUT2D eigenvalue weighted by atomic mass is 16.4. The Morgan fingerprint density at radius 1 is 0.706 bits per heavy atom. The van der Waals surface area contributed by atoms with Crippen LogP contribution in [0.5, 0.6) is 0 Å². The Hall–Kier alpha value is -8.13. The van der Waals surface area contributed by atoms with E-state index in [4.69, 9.17) is 11.5 Å². The van der Waals surface area contributed by atoms with Gasteiger partial charge in [-0.1, -0.05) is 149 Å². The van der Waals surface area contributed by atoms with Crippen LogP contribution in [0.2, 0.25) is 0 Å². The van der Waals surface area contributed by atoms with Crippen LogP contribution in [0.3, 0.4) is 0 Å². The number of hydrogen-bond acceptors (Lipinski definition) is 11. The van der Waals surface area contributed by atoms with Gasteiger partial charge in [0.1, 0.15) is 24.7 Å². The third-order valence-corrected chi connectivity index (χ3v) is 16.9. The molecule has 0 radical (unpaired) electrons. The quantitative estimate of drug-likeness (QED) is 0.0260. The minimum Gasteiger partial charge on any atom is -0.480 e. The number of primary amides is 1. The second kappa shape index (κ2) is 31.7. The Labute approximate surface area is 498 Å². The van der Waals surface area contributed by atoms with Gasteiger partial charge < -0.3 is 56.7 Å². The summed E-state index contributed by atoms with van der Waals surface area (Å²) in [7, 11) is 0. The largest absolute Gasteiger partial charge is 0.480 e. The lowest BCUT2D eigenvalue weighted by Crippen LogP contribution is -2.61. The Kier molecular flexibility index (Phi) is 23.4. The van der Waals surface area contributed by atoms with Gasteiger partial charge in [0.2, 0.25) is 29.5 Å². The van der Waals surface area contributed by atoms with Gasteiger partial charge in [-0.05, 0) is 68.6 Å². The van der Waals surface area contributed by atoms with Gasteiger partial charge in [0.25, 0.3) is 5.56 Å². The minimum absolute atomic E-state index is 0.00515. The van der Waals surface area contributed by atoms with Gasteiger partial charge in [0.05, 0.1) is 29.5 Å². The van der Waals surface area contributed by atoms with Crippen LogP contribution in [-0.2, 0) is 35.3 Å². The van der Waals surface area contributed by atoms with Crippen LogP contribution >= 0.6 is 0 Å². The third kappa shape index (κ3) is 17.7. The number of piperidine rings is 1. The molecule has 20 nitrogen and oxygen atoms in total. The molecule has 20 heteroatoms. The number of carbonyl (C=O) groups is 7. The second-order valence-electron chi connectivity index (χ2n) is 23.0. The number of fused-ring (bicyclic) bond motifs is 2. The predicted octanol–water partition coefficient (Wildman–Crippen LogP) is 7.17. The molecule has 1 unspecified atom stereocenters. The molecule has 8 rings (SSSR count). The van der Waals surface area contributed by atoms with Crippen molar-refractivity contribution in [1.82, 2.24) is 35.3 Å². The van der Waals surface area contributed by atoms with E-state index < -0.39 is 65.9 Å². The zero-order valence-corrected chi connectivity index (χ0v) is 48.9. The van der Waals surface area contributed by atoms with Gasteiger partial charge in [0.15, 0.2) is 0 Å². The number of pyridine rings is 2. The average molecular weight is 1160 g/mol. The average Bonchev–Trinajstić information content (AvgIpc) is 3.40.